The molecule has 142 valence electrons. The Morgan fingerprint density at radius 2 is 2.15 bits per heavy atom. The van der Waals surface area contributed by atoms with Crippen LogP contribution in [0, 0.1) is 5.92 Å². The predicted octanol–water partition coefficient (Wildman–Crippen LogP) is 2.59. The Labute approximate surface area is 158 Å². The Kier molecular flexibility index (Phi) is 9.04. The second-order valence-corrected chi connectivity index (χ2v) is 6.37. The molecule has 0 unspecified atom stereocenters. The van der Waals surface area contributed by atoms with Crippen LogP contribution in [-0.4, -0.2) is 37.4 Å². The fourth-order valence-electron chi connectivity index (χ4n) is 1.92. The van der Waals surface area contributed by atoms with Gasteiger partial charge in [0.15, 0.2) is 0 Å². The molecule has 0 aliphatic rings. The van der Waals surface area contributed by atoms with Crippen LogP contribution >= 0.6 is 11.9 Å². The standard InChI is InChI=1S/C16H25BN4O4S/c1-6-12(8-13(10(2)3)17(23)25-5)21-26-15-14(20-16(22)24-4)7-11(18)9-19-15/h6-10,21,23H,18H2,1-5H3,(H,20,22)/b12-6?,13-8+. The summed E-state index contributed by atoms with van der Waals surface area (Å²) in [4.78, 5) is 15.7. The van der Waals surface area contributed by atoms with E-state index in [0.717, 1.165) is 11.2 Å². The second-order valence-electron chi connectivity index (χ2n) is 5.57. The number of ether oxygens (including phenoxy) is 1. The van der Waals surface area contributed by atoms with E-state index < -0.39 is 13.2 Å². The molecule has 1 heterocycles. The van der Waals surface area contributed by atoms with E-state index in [1.54, 1.807) is 6.07 Å². The summed E-state index contributed by atoms with van der Waals surface area (Å²) in [6.07, 6.45) is 4.54. The van der Waals surface area contributed by atoms with E-state index in [9.17, 15) is 9.82 Å². The summed E-state index contributed by atoms with van der Waals surface area (Å²) in [5, 5.41) is 13.1. The topological polar surface area (TPSA) is 119 Å². The van der Waals surface area contributed by atoms with Gasteiger partial charge in [-0.1, -0.05) is 19.9 Å². The maximum atomic E-state index is 11.5. The molecule has 0 aliphatic carbocycles. The van der Waals surface area contributed by atoms with Crippen LogP contribution in [0.5, 0.6) is 0 Å². The smallest absolute Gasteiger partial charge is 0.453 e. The summed E-state index contributed by atoms with van der Waals surface area (Å²) >= 11 is 1.19. The van der Waals surface area contributed by atoms with E-state index >= 15 is 0 Å². The number of carbonyl (C=O) groups is 1. The molecule has 26 heavy (non-hydrogen) atoms. The van der Waals surface area contributed by atoms with Crippen molar-refractivity contribution in [1.29, 1.82) is 0 Å². The number of allylic oxidation sites excluding steroid dienone is 3. The molecular formula is C16H25BN4O4S. The van der Waals surface area contributed by atoms with Gasteiger partial charge in [-0.3, -0.25) is 5.32 Å². The molecule has 0 saturated carbocycles. The van der Waals surface area contributed by atoms with Crippen molar-refractivity contribution in [2.24, 2.45) is 5.92 Å². The second kappa shape index (κ2) is 10.7. The van der Waals surface area contributed by atoms with Crippen molar-refractivity contribution < 1.29 is 19.2 Å². The summed E-state index contributed by atoms with van der Waals surface area (Å²) < 4.78 is 12.8. The summed E-state index contributed by atoms with van der Waals surface area (Å²) in [6.45, 7) is 5.80. The SMILES string of the molecule is CC=C(/C=C(/B(O)OC)C(C)C)NSc1ncc(N)cc1NC(=O)OC. The molecule has 8 nitrogen and oxygen atoms in total. The molecule has 0 fully saturated rings. The van der Waals surface area contributed by atoms with Crippen molar-refractivity contribution in [3.63, 3.8) is 0 Å². The van der Waals surface area contributed by atoms with E-state index in [0.29, 0.717) is 16.4 Å². The van der Waals surface area contributed by atoms with Crippen LogP contribution in [0.15, 0.2) is 40.6 Å². The van der Waals surface area contributed by atoms with Crippen LogP contribution in [0.1, 0.15) is 20.8 Å². The third-order valence-electron chi connectivity index (χ3n) is 3.37. The zero-order chi connectivity index (χ0) is 19.7. The van der Waals surface area contributed by atoms with Gasteiger partial charge in [0, 0.05) is 24.8 Å². The largest absolute Gasteiger partial charge is 0.487 e. The molecule has 0 bridgehead atoms. The van der Waals surface area contributed by atoms with Crippen LogP contribution in [-0.2, 0) is 9.39 Å². The van der Waals surface area contributed by atoms with E-state index in [-0.39, 0.29) is 5.92 Å². The molecular weight excluding hydrogens is 355 g/mol. The predicted molar refractivity (Wildman–Crippen MR) is 105 cm³/mol. The van der Waals surface area contributed by atoms with E-state index in [1.807, 2.05) is 32.9 Å². The number of rotatable bonds is 8. The highest BCUT2D eigenvalue weighted by molar-refractivity contribution is 7.97. The minimum Gasteiger partial charge on any atom is -0.453 e. The first-order valence-corrected chi connectivity index (χ1v) is 8.76. The molecule has 0 aromatic carbocycles. The molecule has 5 N–H and O–H groups in total. The van der Waals surface area contributed by atoms with Gasteiger partial charge in [0.1, 0.15) is 5.03 Å². The highest BCUT2D eigenvalue weighted by Gasteiger charge is 2.21. The van der Waals surface area contributed by atoms with Crippen LogP contribution in [0.25, 0.3) is 0 Å². The average molecular weight is 380 g/mol. The van der Waals surface area contributed by atoms with Gasteiger partial charge in [-0.2, -0.15) is 0 Å². The normalized spacial score (nSPS) is 12.1. The Morgan fingerprint density at radius 3 is 2.69 bits per heavy atom. The van der Waals surface area contributed by atoms with Gasteiger partial charge in [-0.25, -0.2) is 9.78 Å². The van der Waals surface area contributed by atoms with Gasteiger partial charge in [-0.15, -0.1) is 0 Å². The molecule has 10 heteroatoms. The monoisotopic (exact) mass is 380 g/mol. The van der Waals surface area contributed by atoms with E-state index in [4.69, 9.17) is 10.4 Å². The molecule has 1 aromatic heterocycles. The zero-order valence-electron chi connectivity index (χ0n) is 15.6. The average Bonchev–Trinajstić information content (AvgIpc) is 2.62. The van der Waals surface area contributed by atoms with E-state index in [1.165, 1.54) is 32.4 Å². The first-order chi connectivity index (χ1) is 12.3. The molecule has 1 amide bonds. The fraction of sp³-hybridized carbons (Fsp3) is 0.375. The highest BCUT2D eigenvalue weighted by Crippen LogP contribution is 2.26. The molecule has 0 atom stereocenters. The van der Waals surface area contributed by atoms with E-state index in [2.05, 4.69) is 19.8 Å². The Morgan fingerprint density at radius 1 is 1.46 bits per heavy atom. The Bertz CT molecular complexity index is 682. The number of pyridine rings is 1. The lowest BCUT2D eigenvalue weighted by Crippen LogP contribution is -2.23. The number of aromatic nitrogens is 1. The van der Waals surface area contributed by atoms with Crippen LogP contribution in [0.3, 0.4) is 0 Å². The van der Waals surface area contributed by atoms with Crippen LogP contribution in [0.4, 0.5) is 16.2 Å². The van der Waals surface area contributed by atoms with Crippen LogP contribution in [0.2, 0.25) is 0 Å². The zero-order valence-corrected chi connectivity index (χ0v) is 16.4. The van der Waals surface area contributed by atoms with Gasteiger partial charge in [0.05, 0.1) is 24.7 Å². The Balaban J connectivity index is 2.97. The lowest BCUT2D eigenvalue weighted by atomic mass is 9.72. The summed E-state index contributed by atoms with van der Waals surface area (Å²) in [7, 11) is 1.74. The van der Waals surface area contributed by atoms with Crippen molar-refractivity contribution in [3.05, 3.63) is 35.6 Å². The third kappa shape index (κ3) is 6.62. The number of anilines is 2. The van der Waals surface area contributed by atoms with Crippen molar-refractivity contribution in [2.75, 3.05) is 25.3 Å². The quantitative estimate of drug-likeness (QED) is 0.309. The fourth-order valence-corrected chi connectivity index (χ4v) is 2.63. The minimum absolute atomic E-state index is 0.0953. The number of carbonyl (C=O) groups excluding carboxylic acids is 1. The summed E-state index contributed by atoms with van der Waals surface area (Å²) in [5.74, 6) is 0.0953. The number of nitrogens with zero attached hydrogens (tertiary/aromatic N) is 1. The maximum Gasteiger partial charge on any atom is 0.487 e. The summed E-state index contributed by atoms with van der Waals surface area (Å²) in [5.41, 5.74) is 8.04. The van der Waals surface area contributed by atoms with Gasteiger partial charge >= 0.3 is 13.2 Å². The molecule has 0 radical (unpaired) electrons. The van der Waals surface area contributed by atoms with Crippen molar-refractivity contribution >= 4 is 36.5 Å². The number of methoxy groups -OCH3 is 1. The molecule has 0 saturated heterocycles. The number of nitrogens with one attached hydrogen (secondary N) is 2. The van der Waals surface area contributed by atoms with Crippen molar-refractivity contribution in [3.8, 4) is 0 Å². The first-order valence-electron chi connectivity index (χ1n) is 7.94. The number of nitrogens with two attached hydrogens (primary N) is 1. The molecule has 0 aliphatic heterocycles. The lowest BCUT2D eigenvalue weighted by Gasteiger charge is -2.15. The number of nitrogen functional groups attached to an aromatic ring is 1. The lowest BCUT2D eigenvalue weighted by molar-refractivity contribution is 0.187. The molecule has 1 aromatic rings. The van der Waals surface area contributed by atoms with Crippen molar-refractivity contribution in [2.45, 2.75) is 25.8 Å². The highest BCUT2D eigenvalue weighted by atomic mass is 32.2. The maximum absolute atomic E-state index is 11.5. The third-order valence-corrected chi connectivity index (χ3v) is 4.22. The van der Waals surface area contributed by atoms with Gasteiger partial charge in [-0.05, 0) is 30.5 Å². The van der Waals surface area contributed by atoms with Gasteiger partial charge in [0.2, 0.25) is 0 Å². The van der Waals surface area contributed by atoms with Gasteiger partial charge in [0.25, 0.3) is 0 Å². The summed E-state index contributed by atoms with van der Waals surface area (Å²) in [6, 6.07) is 1.59. The number of hydrogen-bond donors (Lipinski definition) is 4. The Hall–Kier alpha value is -2.17. The first kappa shape index (κ1) is 21.9. The van der Waals surface area contributed by atoms with Crippen molar-refractivity contribution in [1.82, 2.24) is 9.71 Å². The molecule has 0 spiro atoms. The number of amides is 1. The van der Waals surface area contributed by atoms with Crippen LogP contribution < -0.4 is 15.8 Å². The number of hydrogen-bond acceptors (Lipinski definition) is 8. The molecule has 1 rings (SSSR count). The minimum atomic E-state index is -0.983. The van der Waals surface area contributed by atoms with Gasteiger partial charge < -0.3 is 24.9 Å².